The number of nitrogens with zero attached hydrogens (tertiary/aromatic N) is 1. The molecule has 0 fully saturated rings. The van der Waals surface area contributed by atoms with Gasteiger partial charge in [0.2, 0.25) is 5.89 Å². The summed E-state index contributed by atoms with van der Waals surface area (Å²) in [7, 11) is 1.41. The van der Waals surface area contributed by atoms with Gasteiger partial charge in [0.1, 0.15) is 0 Å². The standard InChI is InChI=1S/C24H18N2O6/c1-14(27)31-20-11-10-15(13-21(20)30-2)22(28)25-17-7-5-6-16(12-17)23-26-19-9-4-3-8-18(19)24(29)32-23/h3-13H,1-2H3,(H,25,28). The van der Waals surface area contributed by atoms with Crippen LogP contribution < -0.4 is 20.4 Å². The second kappa shape index (κ2) is 8.73. The van der Waals surface area contributed by atoms with E-state index in [-0.39, 0.29) is 17.4 Å². The Morgan fingerprint density at radius 2 is 1.78 bits per heavy atom. The third-order valence-corrected chi connectivity index (χ3v) is 4.58. The molecule has 0 saturated heterocycles. The van der Waals surface area contributed by atoms with Crippen LogP contribution in [0, 0.1) is 0 Å². The number of para-hydroxylation sites is 1. The number of hydrogen-bond donors (Lipinski definition) is 1. The molecule has 4 rings (SSSR count). The molecule has 1 heterocycles. The maximum atomic E-state index is 12.7. The van der Waals surface area contributed by atoms with Gasteiger partial charge in [-0.3, -0.25) is 9.59 Å². The molecule has 0 saturated carbocycles. The number of carbonyl (C=O) groups is 2. The molecule has 1 aromatic heterocycles. The summed E-state index contributed by atoms with van der Waals surface area (Å²) < 4.78 is 15.6. The monoisotopic (exact) mass is 430 g/mol. The zero-order valence-electron chi connectivity index (χ0n) is 17.2. The molecule has 3 aromatic carbocycles. The Labute approximate surface area is 182 Å². The van der Waals surface area contributed by atoms with Crippen molar-refractivity contribution in [3.8, 4) is 23.0 Å². The molecule has 8 nitrogen and oxygen atoms in total. The van der Waals surface area contributed by atoms with Crippen LogP contribution in [0.5, 0.6) is 11.5 Å². The first-order valence-electron chi connectivity index (χ1n) is 9.63. The van der Waals surface area contributed by atoms with E-state index >= 15 is 0 Å². The molecule has 1 N–H and O–H groups in total. The van der Waals surface area contributed by atoms with Gasteiger partial charge in [-0.25, -0.2) is 9.78 Å². The van der Waals surface area contributed by atoms with Gasteiger partial charge < -0.3 is 19.2 Å². The molecule has 160 valence electrons. The van der Waals surface area contributed by atoms with Crippen molar-refractivity contribution < 1.29 is 23.5 Å². The van der Waals surface area contributed by atoms with Crippen molar-refractivity contribution in [2.45, 2.75) is 6.92 Å². The van der Waals surface area contributed by atoms with Crippen LogP contribution in [0.25, 0.3) is 22.4 Å². The number of esters is 1. The summed E-state index contributed by atoms with van der Waals surface area (Å²) in [4.78, 5) is 40.6. The summed E-state index contributed by atoms with van der Waals surface area (Å²) in [5, 5.41) is 3.18. The van der Waals surface area contributed by atoms with Crippen molar-refractivity contribution >= 4 is 28.5 Å². The molecule has 0 aliphatic carbocycles. The fourth-order valence-electron chi connectivity index (χ4n) is 3.12. The second-order valence-corrected chi connectivity index (χ2v) is 6.82. The van der Waals surface area contributed by atoms with Crippen molar-refractivity contribution in [1.82, 2.24) is 4.98 Å². The van der Waals surface area contributed by atoms with Crippen molar-refractivity contribution in [2.75, 3.05) is 12.4 Å². The average molecular weight is 430 g/mol. The summed E-state index contributed by atoms with van der Waals surface area (Å²) in [6, 6.07) is 18.2. The van der Waals surface area contributed by atoms with E-state index in [2.05, 4.69) is 10.3 Å². The molecule has 0 spiro atoms. The van der Waals surface area contributed by atoms with Crippen molar-refractivity contribution in [1.29, 1.82) is 0 Å². The number of hydrogen-bond acceptors (Lipinski definition) is 7. The molecule has 32 heavy (non-hydrogen) atoms. The minimum Gasteiger partial charge on any atom is -0.493 e. The fraction of sp³-hybridized carbons (Fsp3) is 0.0833. The SMILES string of the molecule is COc1cc(C(=O)Nc2cccc(-c3nc4ccccc4c(=O)o3)c2)ccc1OC(C)=O. The Kier molecular flexibility index (Phi) is 5.67. The lowest BCUT2D eigenvalue weighted by molar-refractivity contribution is -0.132. The predicted octanol–water partition coefficient (Wildman–Crippen LogP) is 4.04. The van der Waals surface area contributed by atoms with Gasteiger partial charge in [0.05, 0.1) is 18.0 Å². The van der Waals surface area contributed by atoms with E-state index in [1.54, 1.807) is 48.5 Å². The Morgan fingerprint density at radius 3 is 2.56 bits per heavy atom. The van der Waals surface area contributed by atoms with Crippen LogP contribution in [0.4, 0.5) is 5.69 Å². The van der Waals surface area contributed by atoms with Gasteiger partial charge in [-0.05, 0) is 48.5 Å². The molecule has 0 bridgehead atoms. The lowest BCUT2D eigenvalue weighted by Gasteiger charge is -2.11. The molecular weight excluding hydrogens is 412 g/mol. The Bertz CT molecular complexity index is 1390. The smallest absolute Gasteiger partial charge is 0.347 e. The van der Waals surface area contributed by atoms with Crippen LogP contribution in [0.3, 0.4) is 0 Å². The molecule has 0 atom stereocenters. The summed E-state index contributed by atoms with van der Waals surface area (Å²) in [5.74, 6) is -0.272. The number of methoxy groups -OCH3 is 1. The fourth-order valence-corrected chi connectivity index (χ4v) is 3.12. The van der Waals surface area contributed by atoms with E-state index in [1.165, 1.54) is 32.2 Å². The number of fused-ring (bicyclic) bond motifs is 1. The first-order valence-corrected chi connectivity index (χ1v) is 9.63. The largest absolute Gasteiger partial charge is 0.493 e. The average Bonchev–Trinajstić information content (AvgIpc) is 2.79. The van der Waals surface area contributed by atoms with E-state index in [4.69, 9.17) is 13.9 Å². The highest BCUT2D eigenvalue weighted by Crippen LogP contribution is 2.29. The highest BCUT2D eigenvalue weighted by Gasteiger charge is 2.14. The normalized spacial score (nSPS) is 10.6. The van der Waals surface area contributed by atoms with E-state index < -0.39 is 17.5 Å². The van der Waals surface area contributed by atoms with Crippen LogP contribution in [0.15, 0.2) is 75.9 Å². The van der Waals surface area contributed by atoms with Crippen molar-refractivity contribution in [3.05, 3.63) is 82.7 Å². The first kappa shape index (κ1) is 20.8. The third-order valence-electron chi connectivity index (χ3n) is 4.58. The molecular formula is C24H18N2O6. The quantitative estimate of drug-likeness (QED) is 0.376. The lowest BCUT2D eigenvalue weighted by atomic mass is 10.1. The summed E-state index contributed by atoms with van der Waals surface area (Å²) in [6.07, 6.45) is 0. The number of ether oxygens (including phenoxy) is 2. The number of rotatable bonds is 5. The molecule has 4 aromatic rings. The molecule has 8 heteroatoms. The zero-order chi connectivity index (χ0) is 22.7. The number of benzene rings is 3. The summed E-state index contributed by atoms with van der Waals surface area (Å²) in [6.45, 7) is 1.28. The first-order chi connectivity index (χ1) is 15.4. The Morgan fingerprint density at radius 1 is 0.969 bits per heavy atom. The number of aromatic nitrogens is 1. The van der Waals surface area contributed by atoms with Gasteiger partial charge in [-0.1, -0.05) is 18.2 Å². The summed E-state index contributed by atoms with van der Waals surface area (Å²) >= 11 is 0. The van der Waals surface area contributed by atoms with Gasteiger partial charge >= 0.3 is 11.6 Å². The number of anilines is 1. The predicted molar refractivity (Wildman–Crippen MR) is 118 cm³/mol. The van der Waals surface area contributed by atoms with Crippen LogP contribution in [0.1, 0.15) is 17.3 Å². The minimum absolute atomic E-state index is 0.150. The van der Waals surface area contributed by atoms with Gasteiger partial charge in [0.25, 0.3) is 5.91 Å². The molecule has 1 amide bonds. The molecule has 0 radical (unpaired) electrons. The number of amides is 1. The van der Waals surface area contributed by atoms with Gasteiger partial charge in [0, 0.05) is 23.7 Å². The van der Waals surface area contributed by atoms with Crippen LogP contribution in [-0.4, -0.2) is 24.0 Å². The molecule has 0 aliphatic rings. The van der Waals surface area contributed by atoms with Crippen molar-refractivity contribution in [3.63, 3.8) is 0 Å². The van der Waals surface area contributed by atoms with Crippen LogP contribution >= 0.6 is 0 Å². The maximum absolute atomic E-state index is 12.7. The highest BCUT2D eigenvalue weighted by molar-refractivity contribution is 6.05. The van der Waals surface area contributed by atoms with E-state index in [9.17, 15) is 14.4 Å². The maximum Gasteiger partial charge on any atom is 0.347 e. The highest BCUT2D eigenvalue weighted by atomic mass is 16.6. The van der Waals surface area contributed by atoms with Crippen molar-refractivity contribution in [2.24, 2.45) is 0 Å². The third kappa shape index (κ3) is 4.34. The van der Waals surface area contributed by atoms with Gasteiger partial charge in [-0.15, -0.1) is 0 Å². The second-order valence-electron chi connectivity index (χ2n) is 6.82. The van der Waals surface area contributed by atoms with Crippen LogP contribution in [0.2, 0.25) is 0 Å². The Balaban J connectivity index is 1.60. The minimum atomic E-state index is -0.494. The molecule has 0 aliphatic heterocycles. The lowest BCUT2D eigenvalue weighted by Crippen LogP contribution is -2.12. The number of carbonyl (C=O) groups excluding carboxylic acids is 2. The Hall–Kier alpha value is -4.46. The van der Waals surface area contributed by atoms with Gasteiger partial charge in [-0.2, -0.15) is 0 Å². The van der Waals surface area contributed by atoms with E-state index in [0.717, 1.165) is 0 Å². The van der Waals surface area contributed by atoms with Crippen LogP contribution in [-0.2, 0) is 4.79 Å². The number of nitrogens with one attached hydrogen (secondary N) is 1. The van der Waals surface area contributed by atoms with Gasteiger partial charge in [0.15, 0.2) is 11.5 Å². The molecule has 0 unspecified atom stereocenters. The zero-order valence-corrected chi connectivity index (χ0v) is 17.2. The topological polar surface area (TPSA) is 108 Å². The van der Waals surface area contributed by atoms with E-state index in [1.807, 2.05) is 0 Å². The summed E-state index contributed by atoms with van der Waals surface area (Å²) in [5.41, 5.74) is 1.35. The van der Waals surface area contributed by atoms with E-state index in [0.29, 0.717) is 27.7 Å².